The van der Waals surface area contributed by atoms with Gasteiger partial charge < -0.3 is 5.11 Å². The van der Waals surface area contributed by atoms with Crippen LogP contribution in [0.15, 0.2) is 24.3 Å². The van der Waals surface area contributed by atoms with Gasteiger partial charge in [0.05, 0.1) is 0 Å². The molecule has 0 fully saturated rings. The zero-order valence-corrected chi connectivity index (χ0v) is 7.46. The fourth-order valence-electron chi connectivity index (χ4n) is 0.732. The van der Waals surface area contributed by atoms with Gasteiger partial charge in [-0.05, 0) is 24.1 Å². The lowest BCUT2D eigenvalue weighted by molar-refractivity contribution is 0.475. The highest BCUT2D eigenvalue weighted by Gasteiger charge is 1.86. The van der Waals surface area contributed by atoms with E-state index in [0.29, 0.717) is 5.75 Å². The van der Waals surface area contributed by atoms with Crippen molar-refractivity contribution in [2.75, 3.05) is 0 Å². The molecule has 0 aromatic heterocycles. The summed E-state index contributed by atoms with van der Waals surface area (Å²) in [7, 11) is 0. The molecule has 0 saturated carbocycles. The molecule has 0 bridgehead atoms. The summed E-state index contributed by atoms with van der Waals surface area (Å²) in [6.07, 6.45) is 1.03. The minimum atomic E-state index is 0.340. The summed E-state index contributed by atoms with van der Waals surface area (Å²) in [4.78, 5) is 0. The lowest BCUT2D eigenvalue weighted by Gasteiger charge is -1.93. The Morgan fingerprint density at radius 3 is 1.91 bits per heavy atom. The Bertz CT molecular complexity index is 177. The maximum atomic E-state index is 8.85. The van der Waals surface area contributed by atoms with Gasteiger partial charge in [0.15, 0.2) is 0 Å². The van der Waals surface area contributed by atoms with Crippen molar-refractivity contribution in [3.63, 3.8) is 0 Å². The van der Waals surface area contributed by atoms with Gasteiger partial charge in [-0.25, -0.2) is 0 Å². The van der Waals surface area contributed by atoms with Crippen molar-refractivity contribution in [3.8, 4) is 5.75 Å². The number of hydrogen-bond donors (Lipinski definition) is 1. The van der Waals surface area contributed by atoms with Crippen LogP contribution in [-0.2, 0) is 6.42 Å². The molecule has 1 aromatic rings. The molecule has 0 atom stereocenters. The minimum absolute atomic E-state index is 0.340. The van der Waals surface area contributed by atoms with Crippen molar-refractivity contribution < 1.29 is 5.11 Å². The Morgan fingerprint density at radius 1 is 1.09 bits per heavy atom. The van der Waals surface area contributed by atoms with Gasteiger partial charge in [-0.1, -0.05) is 32.9 Å². The van der Waals surface area contributed by atoms with Crippen LogP contribution in [0.2, 0.25) is 0 Å². The molecule has 1 aromatic carbocycles. The van der Waals surface area contributed by atoms with Crippen LogP contribution in [0.25, 0.3) is 0 Å². The number of phenols is 1. The third kappa shape index (κ3) is 3.66. The Labute approximate surface area is 68.7 Å². The topological polar surface area (TPSA) is 20.2 Å². The van der Waals surface area contributed by atoms with Crippen LogP contribution in [-0.4, -0.2) is 5.11 Å². The first-order valence-electron chi connectivity index (χ1n) is 4.11. The standard InChI is InChI=1S/C8H10O.C2H6/c1-2-7-3-5-8(9)6-4-7;1-2/h3-6,9H,2H2,1H3;1-2H3. The molecule has 0 aliphatic heterocycles. The summed E-state index contributed by atoms with van der Waals surface area (Å²) in [6, 6.07) is 7.27. The van der Waals surface area contributed by atoms with E-state index in [0.717, 1.165) is 6.42 Å². The van der Waals surface area contributed by atoms with E-state index in [4.69, 9.17) is 5.11 Å². The van der Waals surface area contributed by atoms with Gasteiger partial charge >= 0.3 is 0 Å². The second-order valence-corrected chi connectivity index (χ2v) is 2.02. The first kappa shape index (κ1) is 10.0. The number of aromatic hydroxyl groups is 1. The summed E-state index contributed by atoms with van der Waals surface area (Å²) in [5, 5.41) is 8.85. The number of aryl methyl sites for hydroxylation is 1. The highest BCUT2D eigenvalue weighted by atomic mass is 16.3. The summed E-state index contributed by atoms with van der Waals surface area (Å²) >= 11 is 0. The van der Waals surface area contributed by atoms with E-state index in [-0.39, 0.29) is 0 Å². The molecule has 1 rings (SSSR count). The van der Waals surface area contributed by atoms with Crippen LogP contribution >= 0.6 is 0 Å². The molecule has 11 heavy (non-hydrogen) atoms. The Hall–Kier alpha value is -0.980. The highest BCUT2D eigenvalue weighted by Crippen LogP contribution is 2.09. The number of benzene rings is 1. The van der Waals surface area contributed by atoms with E-state index in [1.807, 2.05) is 26.0 Å². The predicted molar refractivity (Wildman–Crippen MR) is 48.8 cm³/mol. The van der Waals surface area contributed by atoms with E-state index in [9.17, 15) is 0 Å². The second-order valence-electron chi connectivity index (χ2n) is 2.02. The summed E-state index contributed by atoms with van der Waals surface area (Å²) < 4.78 is 0. The minimum Gasteiger partial charge on any atom is -0.508 e. The SMILES string of the molecule is CC.CCc1ccc(O)cc1. The lowest BCUT2D eigenvalue weighted by Crippen LogP contribution is -1.75. The Kier molecular flexibility index (Phi) is 5.26. The fraction of sp³-hybridized carbons (Fsp3) is 0.400. The second kappa shape index (κ2) is 5.78. The number of rotatable bonds is 1. The normalized spacial score (nSPS) is 8.27. The van der Waals surface area contributed by atoms with Gasteiger partial charge in [0.1, 0.15) is 5.75 Å². The van der Waals surface area contributed by atoms with E-state index in [1.54, 1.807) is 12.1 Å². The monoisotopic (exact) mass is 152 g/mol. The van der Waals surface area contributed by atoms with Gasteiger partial charge in [0.2, 0.25) is 0 Å². The molecular formula is C10H16O. The van der Waals surface area contributed by atoms with E-state index in [2.05, 4.69) is 6.92 Å². The smallest absolute Gasteiger partial charge is 0.115 e. The summed E-state index contributed by atoms with van der Waals surface area (Å²) in [5.74, 6) is 0.340. The van der Waals surface area contributed by atoms with Crippen molar-refractivity contribution in [3.05, 3.63) is 29.8 Å². The van der Waals surface area contributed by atoms with Crippen LogP contribution in [0.1, 0.15) is 26.3 Å². The summed E-state index contributed by atoms with van der Waals surface area (Å²) in [5.41, 5.74) is 1.26. The van der Waals surface area contributed by atoms with Crippen molar-refractivity contribution in [1.29, 1.82) is 0 Å². The van der Waals surface area contributed by atoms with Crippen molar-refractivity contribution in [2.45, 2.75) is 27.2 Å². The Balaban J connectivity index is 0.000000461. The van der Waals surface area contributed by atoms with Crippen molar-refractivity contribution >= 4 is 0 Å². The molecule has 62 valence electrons. The lowest BCUT2D eigenvalue weighted by atomic mass is 10.2. The molecule has 1 heteroatoms. The summed E-state index contributed by atoms with van der Waals surface area (Å²) in [6.45, 7) is 6.09. The highest BCUT2D eigenvalue weighted by molar-refractivity contribution is 5.25. The molecule has 0 aliphatic rings. The molecule has 0 unspecified atom stereocenters. The van der Waals surface area contributed by atoms with Crippen LogP contribution < -0.4 is 0 Å². The largest absolute Gasteiger partial charge is 0.508 e. The molecule has 0 spiro atoms. The molecule has 0 saturated heterocycles. The van der Waals surface area contributed by atoms with Gasteiger partial charge in [0.25, 0.3) is 0 Å². The molecule has 0 amide bonds. The van der Waals surface area contributed by atoms with Gasteiger partial charge in [-0.2, -0.15) is 0 Å². The number of hydrogen-bond acceptors (Lipinski definition) is 1. The average molecular weight is 152 g/mol. The van der Waals surface area contributed by atoms with Crippen LogP contribution in [0.4, 0.5) is 0 Å². The third-order valence-electron chi connectivity index (χ3n) is 1.34. The van der Waals surface area contributed by atoms with Gasteiger partial charge in [0, 0.05) is 0 Å². The molecule has 0 radical (unpaired) electrons. The zero-order chi connectivity index (χ0) is 8.69. The molecule has 1 N–H and O–H groups in total. The molecule has 0 heterocycles. The van der Waals surface area contributed by atoms with Gasteiger partial charge in [-0.15, -0.1) is 0 Å². The number of phenolic OH excluding ortho intramolecular Hbond substituents is 1. The van der Waals surface area contributed by atoms with Crippen molar-refractivity contribution in [1.82, 2.24) is 0 Å². The predicted octanol–water partition coefficient (Wildman–Crippen LogP) is 2.98. The van der Waals surface area contributed by atoms with E-state index < -0.39 is 0 Å². The zero-order valence-electron chi connectivity index (χ0n) is 7.46. The quantitative estimate of drug-likeness (QED) is 0.656. The van der Waals surface area contributed by atoms with Crippen molar-refractivity contribution in [2.24, 2.45) is 0 Å². The van der Waals surface area contributed by atoms with Crippen LogP contribution in [0.5, 0.6) is 5.75 Å². The maximum absolute atomic E-state index is 8.85. The molecule has 0 aliphatic carbocycles. The van der Waals surface area contributed by atoms with E-state index in [1.165, 1.54) is 5.56 Å². The fourth-order valence-corrected chi connectivity index (χ4v) is 0.732. The average Bonchev–Trinajstić information content (AvgIpc) is 2.10. The Morgan fingerprint density at radius 2 is 1.55 bits per heavy atom. The molecular weight excluding hydrogens is 136 g/mol. The molecule has 1 nitrogen and oxygen atoms in total. The first-order valence-corrected chi connectivity index (χ1v) is 4.11. The maximum Gasteiger partial charge on any atom is 0.115 e. The van der Waals surface area contributed by atoms with E-state index >= 15 is 0 Å². The van der Waals surface area contributed by atoms with Crippen LogP contribution in [0.3, 0.4) is 0 Å². The van der Waals surface area contributed by atoms with Crippen LogP contribution in [0, 0.1) is 0 Å². The third-order valence-corrected chi connectivity index (χ3v) is 1.34. The first-order chi connectivity index (χ1) is 5.33. The van der Waals surface area contributed by atoms with Gasteiger partial charge in [-0.3, -0.25) is 0 Å².